The Labute approximate surface area is 189 Å². The van der Waals surface area contributed by atoms with E-state index in [2.05, 4.69) is 32.8 Å². The summed E-state index contributed by atoms with van der Waals surface area (Å²) in [6, 6.07) is 14.4. The molecule has 5 aromatic rings. The van der Waals surface area contributed by atoms with E-state index in [0.717, 1.165) is 58.2 Å². The largest absolute Gasteiger partial charge is 0.383 e. The van der Waals surface area contributed by atoms with Crippen LogP contribution in [0.5, 0.6) is 0 Å². The fourth-order valence-corrected chi connectivity index (χ4v) is 4.87. The van der Waals surface area contributed by atoms with Crippen LogP contribution in [-0.4, -0.2) is 29.3 Å². The van der Waals surface area contributed by atoms with Crippen LogP contribution >= 0.6 is 0 Å². The van der Waals surface area contributed by atoms with Crippen LogP contribution in [0, 0.1) is 0 Å². The smallest absolute Gasteiger partial charge is 0.167 e. The van der Waals surface area contributed by atoms with Gasteiger partial charge in [-0.25, -0.2) is 19.6 Å². The molecular formula is C25H21N7O. The fraction of sp³-hybridized carbons (Fsp3) is 0.200. The summed E-state index contributed by atoms with van der Waals surface area (Å²) in [6.45, 7) is 1.14. The molecule has 0 amide bonds. The second kappa shape index (κ2) is 6.98. The first-order valence-electron chi connectivity index (χ1n) is 11.1. The number of imidazole rings is 1. The van der Waals surface area contributed by atoms with Crippen molar-refractivity contribution in [2.45, 2.75) is 32.5 Å². The quantitative estimate of drug-likeness (QED) is 0.463. The lowest BCUT2D eigenvalue weighted by Gasteiger charge is -2.12. The molecule has 162 valence electrons. The van der Waals surface area contributed by atoms with Crippen molar-refractivity contribution in [2.75, 3.05) is 5.73 Å². The number of nitrogen functional groups attached to an aromatic ring is 1. The first-order valence-corrected chi connectivity index (χ1v) is 11.1. The van der Waals surface area contributed by atoms with Crippen LogP contribution in [-0.2, 0) is 30.8 Å². The van der Waals surface area contributed by atoms with Crippen LogP contribution in [0.15, 0.2) is 54.9 Å². The van der Waals surface area contributed by atoms with Gasteiger partial charge in [-0.3, -0.25) is 4.57 Å². The van der Waals surface area contributed by atoms with Crippen molar-refractivity contribution in [3.63, 3.8) is 0 Å². The lowest BCUT2D eigenvalue weighted by Crippen LogP contribution is -2.04. The van der Waals surface area contributed by atoms with Crippen molar-refractivity contribution in [1.29, 1.82) is 0 Å². The third-order valence-corrected chi connectivity index (χ3v) is 6.52. The molecular weight excluding hydrogens is 414 g/mol. The summed E-state index contributed by atoms with van der Waals surface area (Å²) in [4.78, 5) is 14.2. The summed E-state index contributed by atoms with van der Waals surface area (Å²) >= 11 is 0. The van der Waals surface area contributed by atoms with Gasteiger partial charge in [0.2, 0.25) is 0 Å². The number of rotatable bonds is 3. The van der Waals surface area contributed by atoms with Gasteiger partial charge in [-0.2, -0.15) is 5.10 Å². The van der Waals surface area contributed by atoms with Crippen molar-refractivity contribution in [3.8, 4) is 22.9 Å². The summed E-state index contributed by atoms with van der Waals surface area (Å²) in [5.41, 5.74) is 14.5. The number of ether oxygens (including phenoxy) is 1. The van der Waals surface area contributed by atoms with Gasteiger partial charge in [0.1, 0.15) is 11.3 Å². The van der Waals surface area contributed by atoms with Crippen molar-refractivity contribution >= 4 is 17.0 Å². The van der Waals surface area contributed by atoms with E-state index in [1.54, 1.807) is 6.20 Å². The number of aryl methyl sites for hydroxylation is 2. The van der Waals surface area contributed by atoms with E-state index >= 15 is 0 Å². The molecule has 0 atom stereocenters. The highest BCUT2D eigenvalue weighted by atomic mass is 16.5. The SMILES string of the molecule is Nc1ncccc1-c1nc2ccc(-n3cc4c(n3)COC4)nc2n1-c1ccc2c(c1)CCC2. The Morgan fingerprint density at radius 1 is 0.939 bits per heavy atom. The number of benzene rings is 1. The topological polar surface area (TPSA) is 96.7 Å². The van der Waals surface area contributed by atoms with Crippen LogP contribution in [0.2, 0.25) is 0 Å². The highest BCUT2D eigenvalue weighted by molar-refractivity contribution is 5.83. The zero-order valence-corrected chi connectivity index (χ0v) is 17.9. The first kappa shape index (κ1) is 18.5. The Morgan fingerprint density at radius 3 is 2.79 bits per heavy atom. The van der Waals surface area contributed by atoms with E-state index < -0.39 is 0 Å². The molecule has 4 aromatic heterocycles. The molecule has 7 rings (SSSR count). The maximum atomic E-state index is 6.26. The van der Waals surface area contributed by atoms with E-state index in [4.69, 9.17) is 20.4 Å². The molecule has 0 unspecified atom stereocenters. The monoisotopic (exact) mass is 435 g/mol. The molecule has 1 aromatic carbocycles. The van der Waals surface area contributed by atoms with Crippen LogP contribution in [0.4, 0.5) is 5.82 Å². The Hall–Kier alpha value is -4.04. The fourth-order valence-electron chi connectivity index (χ4n) is 4.87. The minimum absolute atomic E-state index is 0.443. The lowest BCUT2D eigenvalue weighted by atomic mass is 10.1. The van der Waals surface area contributed by atoms with Crippen molar-refractivity contribution in [2.24, 2.45) is 0 Å². The van der Waals surface area contributed by atoms with Gasteiger partial charge in [0, 0.05) is 23.6 Å². The van der Waals surface area contributed by atoms with Gasteiger partial charge in [-0.1, -0.05) is 6.07 Å². The zero-order chi connectivity index (χ0) is 21.9. The predicted octanol–water partition coefficient (Wildman–Crippen LogP) is 3.77. The third kappa shape index (κ3) is 2.87. The summed E-state index contributed by atoms with van der Waals surface area (Å²) in [5.74, 6) is 1.92. The lowest BCUT2D eigenvalue weighted by molar-refractivity contribution is 0.131. The first-order chi connectivity index (χ1) is 16.2. The molecule has 0 saturated heterocycles. The van der Waals surface area contributed by atoms with Crippen molar-refractivity contribution < 1.29 is 4.74 Å². The van der Waals surface area contributed by atoms with E-state index in [-0.39, 0.29) is 0 Å². The molecule has 0 bridgehead atoms. The Bertz CT molecular complexity index is 1530. The van der Waals surface area contributed by atoms with E-state index in [1.807, 2.05) is 35.1 Å². The van der Waals surface area contributed by atoms with E-state index in [0.29, 0.717) is 19.0 Å². The number of hydrogen-bond acceptors (Lipinski definition) is 6. The second-order valence-electron chi connectivity index (χ2n) is 8.56. The Kier molecular flexibility index (Phi) is 3.92. The predicted molar refractivity (Wildman–Crippen MR) is 124 cm³/mol. The second-order valence-corrected chi connectivity index (χ2v) is 8.56. The maximum absolute atomic E-state index is 6.26. The Morgan fingerprint density at radius 2 is 1.88 bits per heavy atom. The van der Waals surface area contributed by atoms with Gasteiger partial charge < -0.3 is 10.5 Å². The minimum Gasteiger partial charge on any atom is -0.383 e. The molecule has 1 aliphatic heterocycles. The molecule has 8 heteroatoms. The van der Waals surface area contributed by atoms with Crippen LogP contribution in [0.3, 0.4) is 0 Å². The standard InChI is InChI=1S/C25H21N7O/c26-23-19(5-2-10-27-23)24-28-20-8-9-22(31-12-17-13-33-14-21(17)30-31)29-25(20)32(24)18-7-6-15-3-1-4-16(15)11-18/h2,5-12H,1,3-4,13-14H2,(H2,26,27). The van der Waals surface area contributed by atoms with Crippen LogP contribution < -0.4 is 5.73 Å². The molecule has 33 heavy (non-hydrogen) atoms. The van der Waals surface area contributed by atoms with Gasteiger partial charge in [0.05, 0.1) is 24.5 Å². The molecule has 0 spiro atoms. The minimum atomic E-state index is 0.443. The summed E-state index contributed by atoms with van der Waals surface area (Å²) in [5, 5.41) is 4.67. The number of aromatic nitrogens is 6. The number of hydrogen-bond donors (Lipinski definition) is 1. The van der Waals surface area contributed by atoms with Gasteiger partial charge >= 0.3 is 0 Å². The Balaban J connectivity index is 1.47. The number of pyridine rings is 2. The highest BCUT2D eigenvalue weighted by Gasteiger charge is 2.21. The molecule has 8 nitrogen and oxygen atoms in total. The summed E-state index contributed by atoms with van der Waals surface area (Å²) < 4.78 is 9.38. The van der Waals surface area contributed by atoms with E-state index in [9.17, 15) is 0 Å². The molecule has 5 heterocycles. The van der Waals surface area contributed by atoms with Crippen LogP contribution in [0.1, 0.15) is 28.8 Å². The number of nitrogens with two attached hydrogens (primary N) is 1. The van der Waals surface area contributed by atoms with Crippen molar-refractivity contribution in [3.05, 3.63) is 77.2 Å². The number of nitrogens with zero attached hydrogens (tertiary/aromatic N) is 6. The van der Waals surface area contributed by atoms with E-state index in [1.165, 1.54) is 17.5 Å². The van der Waals surface area contributed by atoms with Gasteiger partial charge in [-0.05, 0) is 66.8 Å². The number of fused-ring (bicyclic) bond motifs is 3. The van der Waals surface area contributed by atoms with Gasteiger partial charge in [0.15, 0.2) is 17.3 Å². The molecule has 0 fully saturated rings. The van der Waals surface area contributed by atoms with Gasteiger partial charge in [-0.15, -0.1) is 0 Å². The molecule has 0 radical (unpaired) electrons. The number of anilines is 1. The van der Waals surface area contributed by atoms with Crippen molar-refractivity contribution in [1.82, 2.24) is 29.3 Å². The average Bonchev–Trinajstić information content (AvgIpc) is 3.60. The zero-order valence-electron chi connectivity index (χ0n) is 17.9. The summed E-state index contributed by atoms with van der Waals surface area (Å²) in [6.07, 6.45) is 7.12. The molecule has 0 saturated carbocycles. The summed E-state index contributed by atoms with van der Waals surface area (Å²) in [7, 11) is 0. The molecule has 2 N–H and O–H groups in total. The molecule has 2 aliphatic rings. The highest BCUT2D eigenvalue weighted by Crippen LogP contribution is 2.33. The molecule has 1 aliphatic carbocycles. The maximum Gasteiger partial charge on any atom is 0.167 e. The van der Waals surface area contributed by atoms with Crippen LogP contribution in [0.25, 0.3) is 34.1 Å². The van der Waals surface area contributed by atoms with Gasteiger partial charge in [0.25, 0.3) is 0 Å². The normalized spacial score (nSPS) is 14.7. The third-order valence-electron chi connectivity index (χ3n) is 6.52. The average molecular weight is 435 g/mol.